The van der Waals surface area contributed by atoms with Crippen molar-refractivity contribution >= 4 is 16.6 Å². The number of hydrogen-bond acceptors (Lipinski definition) is 3. The minimum atomic E-state index is -1.89. The van der Waals surface area contributed by atoms with Gasteiger partial charge in [0.1, 0.15) is 0 Å². The quantitative estimate of drug-likeness (QED) is 0.176. The van der Waals surface area contributed by atoms with Gasteiger partial charge < -0.3 is 14.0 Å². The Morgan fingerprint density at radius 1 is 0.562 bits per heavy atom. The smallest absolute Gasteiger partial charge is 0.200 e. The predicted molar refractivity (Wildman–Crippen MR) is 148 cm³/mol. The average Bonchev–Trinajstić information content (AvgIpc) is 2.65. The van der Waals surface area contributed by atoms with Crippen molar-refractivity contribution in [2.24, 2.45) is 0 Å². The van der Waals surface area contributed by atoms with Crippen LogP contribution in [0.4, 0.5) is 0 Å². The molecule has 0 saturated carbocycles. The van der Waals surface area contributed by atoms with Crippen LogP contribution in [0.15, 0.2) is 24.3 Å². The number of aliphatic hydroxyl groups excluding tert-OH is 1. The van der Waals surface area contributed by atoms with E-state index in [1.165, 1.54) is 0 Å². The Labute approximate surface area is 203 Å². The summed E-state index contributed by atoms with van der Waals surface area (Å²) < 4.78 is 13.3. The van der Waals surface area contributed by atoms with E-state index < -0.39 is 22.7 Å². The molecule has 0 bridgehead atoms. The van der Waals surface area contributed by atoms with Crippen LogP contribution in [0.2, 0.25) is 33.2 Å². The summed E-state index contributed by atoms with van der Waals surface area (Å²) in [6.07, 6.45) is 0.651. The molecule has 0 radical (unpaired) electrons. The van der Waals surface area contributed by atoms with Crippen LogP contribution in [0, 0.1) is 0 Å². The van der Waals surface area contributed by atoms with Gasteiger partial charge in [0.05, 0.1) is 6.10 Å². The van der Waals surface area contributed by atoms with Crippen molar-refractivity contribution in [3.63, 3.8) is 0 Å². The van der Waals surface area contributed by atoms with Crippen molar-refractivity contribution in [1.82, 2.24) is 0 Å². The maximum atomic E-state index is 10.8. The van der Waals surface area contributed by atoms with Gasteiger partial charge in [-0.25, -0.2) is 0 Å². The molecule has 190 valence electrons. The van der Waals surface area contributed by atoms with Crippen LogP contribution >= 0.6 is 0 Å². The van der Waals surface area contributed by atoms with Gasteiger partial charge >= 0.3 is 0 Å². The molecule has 0 spiro atoms. The maximum Gasteiger partial charge on any atom is 0.200 e. The Hall–Kier alpha value is -0.206. The third kappa shape index (κ3) is 7.40. The Bertz CT molecular complexity index is 486. The van der Waals surface area contributed by atoms with Gasteiger partial charge in [0, 0.05) is 13.2 Å². The Balaban J connectivity index is 4.92. The monoisotopic (exact) mass is 484 g/mol. The van der Waals surface area contributed by atoms with E-state index >= 15 is 0 Å². The molecule has 0 rings (SSSR count). The first-order valence-electron chi connectivity index (χ1n) is 12.9. The van der Waals surface area contributed by atoms with Gasteiger partial charge in [0.25, 0.3) is 0 Å². The molecule has 0 aliphatic rings. The maximum absolute atomic E-state index is 10.8. The zero-order chi connectivity index (χ0) is 25.4. The highest BCUT2D eigenvalue weighted by Crippen LogP contribution is 2.43. The molecule has 0 aromatic carbocycles. The fourth-order valence-electron chi connectivity index (χ4n) is 6.28. The Morgan fingerprint density at radius 3 is 0.969 bits per heavy atom. The second-order valence-corrected chi connectivity index (χ2v) is 22.5. The lowest BCUT2D eigenvalue weighted by Gasteiger charge is -2.42. The summed E-state index contributed by atoms with van der Waals surface area (Å²) in [6, 6.07) is 0. The largest absolute Gasteiger partial charge is 0.416 e. The summed E-state index contributed by atoms with van der Waals surface area (Å²) in [5, 5.41) is 10.8. The van der Waals surface area contributed by atoms with Crippen molar-refractivity contribution in [2.45, 2.75) is 135 Å². The molecule has 0 saturated heterocycles. The van der Waals surface area contributed by atoms with Crippen LogP contribution in [-0.2, 0) is 8.85 Å². The third-order valence-electron chi connectivity index (χ3n) is 7.74. The molecule has 0 aromatic heterocycles. The summed E-state index contributed by atoms with van der Waals surface area (Å²) in [4.78, 5) is 0. The summed E-state index contributed by atoms with van der Waals surface area (Å²) in [5.74, 6) is 0. The van der Waals surface area contributed by atoms with E-state index in [-0.39, 0.29) is 0 Å². The first-order valence-corrected chi connectivity index (χ1v) is 17.2. The molecule has 0 atom stereocenters. The molecule has 0 aliphatic heterocycles. The van der Waals surface area contributed by atoms with E-state index in [1.54, 1.807) is 0 Å². The number of hydrogen-bond donors (Lipinski definition) is 1. The summed E-state index contributed by atoms with van der Waals surface area (Å²) in [6.45, 7) is 37.2. The molecule has 0 aromatic rings. The molecule has 5 heteroatoms. The van der Waals surface area contributed by atoms with E-state index in [9.17, 15) is 5.11 Å². The van der Waals surface area contributed by atoms with Gasteiger partial charge in [-0.05, 0) is 57.2 Å². The van der Waals surface area contributed by atoms with Gasteiger partial charge in [-0.1, -0.05) is 96.2 Å². The van der Waals surface area contributed by atoms with Crippen LogP contribution in [0.25, 0.3) is 0 Å². The predicted octanol–water partition coefficient (Wildman–Crippen LogP) is 8.62. The minimum absolute atomic E-state index is 0.556. The normalized spacial score (nSPS) is 13.6. The lowest BCUT2D eigenvalue weighted by atomic mass is 10.00. The van der Waals surface area contributed by atoms with Crippen molar-refractivity contribution in [3.8, 4) is 0 Å². The van der Waals surface area contributed by atoms with Crippen LogP contribution in [0.1, 0.15) is 95.9 Å². The third-order valence-corrected chi connectivity index (χ3v) is 20.0. The van der Waals surface area contributed by atoms with Gasteiger partial charge in [0.15, 0.2) is 16.6 Å². The molecule has 0 heterocycles. The zero-order valence-corrected chi connectivity index (χ0v) is 25.5. The van der Waals surface area contributed by atoms with Crippen molar-refractivity contribution in [2.75, 3.05) is 13.2 Å². The van der Waals surface area contributed by atoms with Gasteiger partial charge in [-0.15, -0.1) is 0 Å². The van der Waals surface area contributed by atoms with E-state index in [1.807, 2.05) is 0 Å². The highest BCUT2D eigenvalue weighted by Gasteiger charge is 2.45. The molecule has 1 N–H and O–H groups in total. The fourth-order valence-corrected chi connectivity index (χ4v) is 17.2. The Kier molecular flexibility index (Phi) is 13.5. The molecule has 3 nitrogen and oxygen atoms in total. The second-order valence-electron chi connectivity index (χ2n) is 11.6. The molecule has 0 fully saturated rings. The number of rotatable bonds is 16. The van der Waals surface area contributed by atoms with E-state index in [4.69, 9.17) is 8.85 Å². The number of aliphatic hydroxyl groups is 1. The van der Waals surface area contributed by atoms with Crippen molar-refractivity contribution < 1.29 is 14.0 Å². The standard InChI is InChI=1S/C27H56O3Si2/c1-19(2)31(20(3)4,21(5)6)29-17-15-25(13)27(28)26(14)16-18-30-32(22(7)8,23(9)10)24(11)12/h19-24,27-28H,13-18H2,1-12H3. The Morgan fingerprint density at radius 2 is 0.781 bits per heavy atom. The summed E-state index contributed by atoms with van der Waals surface area (Å²) >= 11 is 0. The van der Waals surface area contributed by atoms with E-state index in [0.717, 1.165) is 11.1 Å². The summed E-state index contributed by atoms with van der Waals surface area (Å²) in [5.41, 5.74) is 4.93. The van der Waals surface area contributed by atoms with Crippen LogP contribution in [-0.4, -0.2) is 41.1 Å². The molecule has 0 aliphatic carbocycles. The fraction of sp³-hybridized carbons (Fsp3) is 0.852. The topological polar surface area (TPSA) is 38.7 Å². The minimum Gasteiger partial charge on any atom is -0.416 e. The first-order chi connectivity index (χ1) is 14.6. The average molecular weight is 485 g/mol. The molecular weight excluding hydrogens is 428 g/mol. The lowest BCUT2D eigenvalue weighted by molar-refractivity contribution is 0.214. The SMILES string of the molecule is C=C(CCO[Si](C(C)C)(C(C)C)C(C)C)C(O)C(=C)CCO[Si](C(C)C)(C(C)C)C(C)C. The molecule has 0 unspecified atom stereocenters. The highest BCUT2D eigenvalue weighted by atomic mass is 28.4. The van der Waals surface area contributed by atoms with Crippen molar-refractivity contribution in [1.29, 1.82) is 0 Å². The molecule has 32 heavy (non-hydrogen) atoms. The van der Waals surface area contributed by atoms with Crippen molar-refractivity contribution in [3.05, 3.63) is 24.3 Å². The lowest BCUT2D eigenvalue weighted by Crippen LogP contribution is -2.48. The zero-order valence-electron chi connectivity index (χ0n) is 23.5. The summed E-state index contributed by atoms with van der Waals surface area (Å²) in [7, 11) is -3.78. The van der Waals surface area contributed by atoms with E-state index in [2.05, 4.69) is 96.2 Å². The van der Waals surface area contributed by atoms with Crippen LogP contribution in [0.5, 0.6) is 0 Å². The van der Waals surface area contributed by atoms with Gasteiger partial charge in [-0.3, -0.25) is 0 Å². The highest BCUT2D eigenvalue weighted by molar-refractivity contribution is 6.78. The van der Waals surface area contributed by atoms with E-state index in [0.29, 0.717) is 59.3 Å². The molecule has 0 amide bonds. The van der Waals surface area contributed by atoms with Crippen LogP contribution in [0.3, 0.4) is 0 Å². The van der Waals surface area contributed by atoms with Gasteiger partial charge in [0.2, 0.25) is 0 Å². The van der Waals surface area contributed by atoms with Crippen LogP contribution < -0.4 is 0 Å². The van der Waals surface area contributed by atoms with Gasteiger partial charge in [-0.2, -0.15) is 0 Å². The second kappa shape index (κ2) is 13.6. The molecular formula is C27H56O3Si2. The first kappa shape index (κ1) is 31.8.